The Morgan fingerprint density at radius 2 is 1.81 bits per heavy atom. The number of sulfonamides is 1. The molecule has 31 heavy (non-hydrogen) atoms. The van der Waals surface area contributed by atoms with E-state index in [0.717, 1.165) is 27.4 Å². The maximum absolute atomic E-state index is 13.2. The number of rotatable bonds is 4. The van der Waals surface area contributed by atoms with E-state index in [9.17, 15) is 8.42 Å². The van der Waals surface area contributed by atoms with Crippen LogP contribution in [-0.4, -0.2) is 48.8 Å². The highest BCUT2D eigenvalue weighted by molar-refractivity contribution is 7.91. The van der Waals surface area contributed by atoms with Gasteiger partial charge in [-0.1, -0.05) is 29.8 Å². The molecule has 0 amide bonds. The van der Waals surface area contributed by atoms with Crippen LogP contribution < -0.4 is 5.73 Å². The van der Waals surface area contributed by atoms with Gasteiger partial charge in [0, 0.05) is 54.0 Å². The van der Waals surface area contributed by atoms with Crippen LogP contribution in [0.2, 0.25) is 5.02 Å². The Morgan fingerprint density at radius 3 is 2.61 bits per heavy atom. The lowest BCUT2D eigenvalue weighted by Gasteiger charge is -2.33. The van der Waals surface area contributed by atoms with Crippen LogP contribution in [0.15, 0.2) is 58.9 Å². The van der Waals surface area contributed by atoms with Crippen LogP contribution in [0.5, 0.6) is 0 Å². The van der Waals surface area contributed by atoms with Gasteiger partial charge < -0.3 is 5.73 Å². The van der Waals surface area contributed by atoms with Crippen molar-refractivity contribution in [2.75, 3.05) is 31.9 Å². The second-order valence-corrected chi connectivity index (χ2v) is 11.4. The molecule has 4 aromatic rings. The number of hydrogen-bond acceptors (Lipinski definition) is 6. The van der Waals surface area contributed by atoms with Gasteiger partial charge in [-0.05, 0) is 46.7 Å². The van der Waals surface area contributed by atoms with Gasteiger partial charge in [-0.25, -0.2) is 13.4 Å². The number of nitrogens with two attached hydrogens (primary N) is 1. The van der Waals surface area contributed by atoms with Crippen LogP contribution in [0, 0.1) is 0 Å². The number of nitrogens with zero attached hydrogens (tertiary/aromatic N) is 3. The quantitative estimate of drug-likeness (QED) is 0.481. The third-order valence-electron chi connectivity index (χ3n) is 5.65. The third kappa shape index (κ3) is 4.02. The number of piperazine rings is 1. The number of anilines is 1. The van der Waals surface area contributed by atoms with E-state index in [1.807, 2.05) is 24.3 Å². The van der Waals surface area contributed by atoms with Crippen molar-refractivity contribution in [1.29, 1.82) is 0 Å². The fraction of sp³-hybridized carbons (Fsp3) is 0.227. The van der Waals surface area contributed by atoms with E-state index in [2.05, 4.69) is 22.0 Å². The predicted octanol–water partition coefficient (Wildman–Crippen LogP) is 4.19. The monoisotopic (exact) mass is 472 g/mol. The minimum Gasteiger partial charge on any atom is -0.383 e. The lowest BCUT2D eigenvalue weighted by atomic mass is 10.1. The molecule has 0 unspecified atom stereocenters. The molecule has 0 saturated carbocycles. The molecule has 5 rings (SSSR count). The first-order valence-corrected chi connectivity index (χ1v) is 12.6. The van der Waals surface area contributed by atoms with Crippen LogP contribution in [0.4, 0.5) is 5.82 Å². The molecule has 3 heterocycles. The van der Waals surface area contributed by atoms with Gasteiger partial charge in [-0.3, -0.25) is 4.90 Å². The zero-order chi connectivity index (χ0) is 21.6. The summed E-state index contributed by atoms with van der Waals surface area (Å²) in [5, 5.41) is 3.53. The van der Waals surface area contributed by atoms with Crippen molar-refractivity contribution < 1.29 is 8.42 Å². The summed E-state index contributed by atoms with van der Waals surface area (Å²) < 4.78 is 29.2. The van der Waals surface area contributed by atoms with E-state index in [1.165, 1.54) is 16.9 Å². The highest BCUT2D eigenvalue weighted by Crippen LogP contribution is 2.33. The molecule has 1 fully saturated rings. The van der Waals surface area contributed by atoms with Crippen LogP contribution in [-0.2, 0) is 16.6 Å². The number of halogens is 1. The van der Waals surface area contributed by atoms with E-state index in [-0.39, 0.29) is 0 Å². The zero-order valence-electron chi connectivity index (χ0n) is 16.7. The number of fused-ring (bicyclic) bond motifs is 2. The summed E-state index contributed by atoms with van der Waals surface area (Å²) in [5.74, 6) is 0.534. The second kappa shape index (κ2) is 8.03. The van der Waals surface area contributed by atoms with Crippen molar-refractivity contribution in [2.24, 2.45) is 0 Å². The van der Waals surface area contributed by atoms with Crippen molar-refractivity contribution in [3.05, 3.63) is 65.3 Å². The van der Waals surface area contributed by atoms with Gasteiger partial charge in [0.2, 0.25) is 0 Å². The molecule has 2 aromatic carbocycles. The number of pyridine rings is 1. The molecule has 1 saturated heterocycles. The van der Waals surface area contributed by atoms with E-state index in [0.29, 0.717) is 41.2 Å². The number of hydrogen-bond donors (Lipinski definition) is 1. The molecule has 0 atom stereocenters. The van der Waals surface area contributed by atoms with E-state index >= 15 is 0 Å². The van der Waals surface area contributed by atoms with Crippen molar-refractivity contribution in [3.8, 4) is 0 Å². The normalized spacial score (nSPS) is 16.3. The summed E-state index contributed by atoms with van der Waals surface area (Å²) in [5.41, 5.74) is 7.11. The molecular weight excluding hydrogens is 452 g/mol. The fourth-order valence-corrected chi connectivity index (χ4v) is 7.22. The van der Waals surface area contributed by atoms with Gasteiger partial charge >= 0.3 is 0 Å². The number of thiophene rings is 1. The van der Waals surface area contributed by atoms with Crippen molar-refractivity contribution in [2.45, 2.75) is 10.8 Å². The molecular formula is C22H21ClN4O2S2. The molecule has 160 valence electrons. The summed E-state index contributed by atoms with van der Waals surface area (Å²) in [7, 11) is -3.51. The maximum Gasteiger partial charge on any atom is 0.252 e. The molecule has 0 bridgehead atoms. The minimum atomic E-state index is -3.51. The van der Waals surface area contributed by atoms with Gasteiger partial charge in [0.1, 0.15) is 10.0 Å². The third-order valence-corrected chi connectivity index (χ3v) is 9.33. The summed E-state index contributed by atoms with van der Waals surface area (Å²) in [4.78, 5) is 6.41. The predicted molar refractivity (Wildman–Crippen MR) is 127 cm³/mol. The maximum atomic E-state index is 13.2. The largest absolute Gasteiger partial charge is 0.383 e. The van der Waals surface area contributed by atoms with E-state index in [4.69, 9.17) is 17.3 Å². The highest BCUT2D eigenvalue weighted by Gasteiger charge is 2.30. The van der Waals surface area contributed by atoms with Crippen LogP contribution >= 0.6 is 22.9 Å². The number of nitrogen functional groups attached to an aromatic ring is 1. The Morgan fingerprint density at radius 1 is 1.00 bits per heavy atom. The van der Waals surface area contributed by atoms with Gasteiger partial charge in [0.15, 0.2) is 0 Å². The van der Waals surface area contributed by atoms with Crippen molar-refractivity contribution in [1.82, 2.24) is 14.2 Å². The smallest absolute Gasteiger partial charge is 0.252 e. The second-order valence-electron chi connectivity index (χ2n) is 7.68. The van der Waals surface area contributed by atoms with Gasteiger partial charge in [0.05, 0.1) is 0 Å². The molecule has 0 radical (unpaired) electrons. The Balaban J connectivity index is 1.28. The van der Waals surface area contributed by atoms with Crippen molar-refractivity contribution >= 4 is 59.6 Å². The highest BCUT2D eigenvalue weighted by atomic mass is 35.5. The summed E-state index contributed by atoms with van der Waals surface area (Å²) in [6.45, 7) is 3.09. The molecule has 2 N–H and O–H groups in total. The van der Waals surface area contributed by atoms with Gasteiger partial charge in [-0.15, -0.1) is 11.3 Å². The summed E-state index contributed by atoms with van der Waals surface area (Å²) in [6, 6.07) is 15.3. The van der Waals surface area contributed by atoms with E-state index in [1.54, 1.807) is 22.6 Å². The Kier molecular flexibility index (Phi) is 5.35. The molecule has 1 aliphatic heterocycles. The number of benzene rings is 2. The Labute approximate surface area is 189 Å². The molecule has 1 aliphatic rings. The first-order chi connectivity index (χ1) is 14.9. The lowest BCUT2D eigenvalue weighted by Crippen LogP contribution is -2.48. The Bertz CT molecular complexity index is 1380. The summed E-state index contributed by atoms with van der Waals surface area (Å²) >= 11 is 7.32. The van der Waals surface area contributed by atoms with Crippen molar-refractivity contribution in [3.63, 3.8) is 0 Å². The SMILES string of the molecule is Nc1nccc2cc(CN3CCN(S(=O)(=O)c4cc5ccc(Cl)cc5s4)CC3)ccc12. The van der Waals surface area contributed by atoms with Crippen LogP contribution in [0.1, 0.15) is 5.56 Å². The van der Waals surface area contributed by atoms with E-state index < -0.39 is 10.0 Å². The molecule has 2 aromatic heterocycles. The molecule has 0 spiro atoms. The van der Waals surface area contributed by atoms with Crippen LogP contribution in [0.25, 0.3) is 20.9 Å². The lowest BCUT2D eigenvalue weighted by molar-refractivity contribution is 0.182. The minimum absolute atomic E-state index is 0.374. The first-order valence-electron chi connectivity index (χ1n) is 9.95. The molecule has 6 nitrogen and oxygen atoms in total. The molecule has 0 aliphatic carbocycles. The van der Waals surface area contributed by atoms with Gasteiger partial charge in [0.25, 0.3) is 10.0 Å². The topological polar surface area (TPSA) is 79.5 Å². The van der Waals surface area contributed by atoms with Crippen LogP contribution in [0.3, 0.4) is 0 Å². The first kappa shape index (κ1) is 20.7. The average Bonchev–Trinajstić information content (AvgIpc) is 3.18. The Hall–Kier alpha value is -2.23. The zero-order valence-corrected chi connectivity index (χ0v) is 19.1. The molecule has 9 heteroatoms. The standard InChI is InChI=1S/C22H21ClN4O2S2/c23-18-3-2-17-12-21(30-20(17)13-18)31(28,29)27-9-7-26(8-10-27)14-15-1-4-19-16(11-15)5-6-25-22(19)24/h1-6,11-13H,7-10,14H2,(H2,24,25). The number of aromatic nitrogens is 1. The van der Waals surface area contributed by atoms with Gasteiger partial charge in [-0.2, -0.15) is 4.31 Å². The summed E-state index contributed by atoms with van der Waals surface area (Å²) in [6.07, 6.45) is 1.72. The fourth-order valence-electron chi connectivity index (χ4n) is 3.97. The average molecular weight is 473 g/mol.